The Morgan fingerprint density at radius 2 is 1.58 bits per heavy atom. The second kappa shape index (κ2) is 7.33. The van der Waals surface area contributed by atoms with Gasteiger partial charge in [0.25, 0.3) is 5.91 Å². The molecule has 2 rings (SSSR count). The number of hydrogen-bond acceptors (Lipinski definition) is 2. The van der Waals surface area contributed by atoms with E-state index in [9.17, 15) is 22.4 Å². The topological polar surface area (TPSA) is 38.3 Å². The van der Waals surface area contributed by atoms with Crippen LogP contribution in [0.1, 0.15) is 25.3 Å². The molecule has 0 bridgehead atoms. The summed E-state index contributed by atoms with van der Waals surface area (Å²) in [6.45, 7) is 3.23. The molecule has 0 aliphatic heterocycles. The predicted octanol–water partition coefficient (Wildman–Crippen LogP) is 4.38. The van der Waals surface area contributed by atoms with E-state index < -0.39 is 41.5 Å². The number of halogens is 4. The first-order valence-electron chi connectivity index (χ1n) is 7.15. The van der Waals surface area contributed by atoms with Crippen LogP contribution >= 0.6 is 0 Å². The van der Waals surface area contributed by atoms with Gasteiger partial charge in [0.05, 0.1) is 0 Å². The molecule has 3 nitrogen and oxygen atoms in total. The van der Waals surface area contributed by atoms with Crippen molar-refractivity contribution < 1.29 is 27.1 Å². The normalized spacial score (nSPS) is 10.8. The highest BCUT2D eigenvalue weighted by Crippen LogP contribution is 2.26. The van der Waals surface area contributed by atoms with Crippen molar-refractivity contribution in [3.05, 3.63) is 59.2 Å². The summed E-state index contributed by atoms with van der Waals surface area (Å²) in [6, 6.07) is 7.03. The van der Waals surface area contributed by atoms with Gasteiger partial charge in [-0.3, -0.25) is 4.79 Å². The SMILES string of the molecule is CC(C)c1ccc(NC(=O)COc2c(F)c(F)cc(F)c2F)cc1. The van der Waals surface area contributed by atoms with Crippen molar-refractivity contribution in [1.29, 1.82) is 0 Å². The van der Waals surface area contributed by atoms with E-state index in [0.29, 0.717) is 11.6 Å². The quantitative estimate of drug-likeness (QED) is 0.647. The number of carbonyl (C=O) groups excluding carboxylic acids is 1. The molecule has 1 amide bonds. The average molecular weight is 341 g/mol. The van der Waals surface area contributed by atoms with E-state index in [1.165, 1.54) is 0 Å². The van der Waals surface area contributed by atoms with Gasteiger partial charge in [0.1, 0.15) is 0 Å². The van der Waals surface area contributed by atoms with Crippen LogP contribution in [-0.4, -0.2) is 12.5 Å². The van der Waals surface area contributed by atoms with Crippen LogP contribution in [0.2, 0.25) is 0 Å². The summed E-state index contributed by atoms with van der Waals surface area (Å²) in [5, 5.41) is 2.45. The minimum Gasteiger partial charge on any atom is -0.477 e. The molecule has 0 fully saturated rings. The first-order chi connectivity index (χ1) is 11.3. The molecule has 0 aliphatic rings. The van der Waals surface area contributed by atoms with Crippen molar-refractivity contribution in [2.75, 3.05) is 11.9 Å². The summed E-state index contributed by atoms with van der Waals surface area (Å²) in [5.74, 6) is -8.26. The molecule has 0 atom stereocenters. The molecule has 2 aromatic carbocycles. The van der Waals surface area contributed by atoms with E-state index in [4.69, 9.17) is 0 Å². The molecule has 0 saturated carbocycles. The van der Waals surface area contributed by atoms with Gasteiger partial charge in [-0.05, 0) is 23.6 Å². The predicted molar refractivity (Wildman–Crippen MR) is 80.9 cm³/mol. The second-order valence-electron chi connectivity index (χ2n) is 5.41. The highest BCUT2D eigenvalue weighted by Gasteiger charge is 2.21. The van der Waals surface area contributed by atoms with E-state index in [2.05, 4.69) is 10.1 Å². The first-order valence-corrected chi connectivity index (χ1v) is 7.15. The summed E-state index contributed by atoms with van der Waals surface area (Å²) in [5.41, 5.74) is 1.53. The molecule has 0 radical (unpaired) electrons. The summed E-state index contributed by atoms with van der Waals surface area (Å²) in [6.07, 6.45) is 0. The fraction of sp³-hybridized carbons (Fsp3) is 0.235. The molecule has 2 aromatic rings. The van der Waals surface area contributed by atoms with Crippen LogP contribution in [-0.2, 0) is 4.79 Å². The number of nitrogens with one attached hydrogen (secondary N) is 1. The van der Waals surface area contributed by atoms with Crippen LogP contribution in [0.25, 0.3) is 0 Å². The zero-order chi connectivity index (χ0) is 17.9. The molecular weight excluding hydrogens is 326 g/mol. The third-order valence-electron chi connectivity index (χ3n) is 3.28. The Morgan fingerprint density at radius 3 is 2.08 bits per heavy atom. The monoisotopic (exact) mass is 341 g/mol. The number of rotatable bonds is 5. The summed E-state index contributed by atoms with van der Waals surface area (Å²) in [4.78, 5) is 11.7. The molecule has 1 N–H and O–H groups in total. The zero-order valence-corrected chi connectivity index (χ0v) is 13.0. The molecule has 0 spiro atoms. The van der Waals surface area contributed by atoms with Crippen molar-refractivity contribution in [3.63, 3.8) is 0 Å². The number of ether oxygens (including phenoxy) is 1. The molecule has 128 valence electrons. The van der Waals surface area contributed by atoms with Gasteiger partial charge >= 0.3 is 0 Å². The van der Waals surface area contributed by atoms with Gasteiger partial charge in [-0.15, -0.1) is 0 Å². The maximum absolute atomic E-state index is 13.4. The van der Waals surface area contributed by atoms with Gasteiger partial charge in [-0.25, -0.2) is 8.78 Å². The van der Waals surface area contributed by atoms with Crippen LogP contribution in [0, 0.1) is 23.3 Å². The van der Waals surface area contributed by atoms with Gasteiger partial charge in [0.15, 0.2) is 24.0 Å². The highest BCUT2D eigenvalue weighted by atomic mass is 19.2. The molecule has 7 heteroatoms. The first kappa shape index (κ1) is 17.8. The maximum atomic E-state index is 13.4. The average Bonchev–Trinajstić information content (AvgIpc) is 2.53. The Labute approximate surface area is 136 Å². The number of anilines is 1. The fourth-order valence-electron chi connectivity index (χ4n) is 1.96. The second-order valence-corrected chi connectivity index (χ2v) is 5.41. The molecule has 0 aliphatic carbocycles. The van der Waals surface area contributed by atoms with Crippen molar-refractivity contribution >= 4 is 11.6 Å². The standard InChI is InChI=1S/C17H15F4NO2/c1-9(2)10-3-5-11(6-4-10)22-14(23)8-24-17-15(20)12(18)7-13(19)16(17)21/h3-7,9H,8H2,1-2H3,(H,22,23). The number of carbonyl (C=O) groups is 1. The van der Waals surface area contributed by atoms with E-state index in [0.717, 1.165) is 5.56 Å². The van der Waals surface area contributed by atoms with Crippen LogP contribution in [0.5, 0.6) is 5.75 Å². The maximum Gasteiger partial charge on any atom is 0.262 e. The van der Waals surface area contributed by atoms with Gasteiger partial charge in [0.2, 0.25) is 11.6 Å². The lowest BCUT2D eigenvalue weighted by molar-refractivity contribution is -0.118. The van der Waals surface area contributed by atoms with Gasteiger partial charge in [0, 0.05) is 11.8 Å². The van der Waals surface area contributed by atoms with E-state index in [-0.39, 0.29) is 6.07 Å². The molecule has 0 unspecified atom stereocenters. The van der Waals surface area contributed by atoms with Crippen molar-refractivity contribution in [1.82, 2.24) is 0 Å². The fourth-order valence-corrected chi connectivity index (χ4v) is 1.96. The van der Waals surface area contributed by atoms with Gasteiger partial charge in [-0.2, -0.15) is 8.78 Å². The summed E-state index contributed by atoms with van der Waals surface area (Å²) >= 11 is 0. The van der Waals surface area contributed by atoms with E-state index >= 15 is 0 Å². The summed E-state index contributed by atoms with van der Waals surface area (Å²) < 4.78 is 57.5. The number of benzene rings is 2. The number of amides is 1. The summed E-state index contributed by atoms with van der Waals surface area (Å²) in [7, 11) is 0. The molecular formula is C17H15F4NO2. The van der Waals surface area contributed by atoms with E-state index in [1.54, 1.807) is 12.1 Å². The smallest absolute Gasteiger partial charge is 0.262 e. The number of hydrogen-bond donors (Lipinski definition) is 1. The minimum absolute atomic E-state index is 0.0634. The Kier molecular flexibility index (Phi) is 5.43. The van der Waals surface area contributed by atoms with Crippen molar-refractivity contribution in [2.45, 2.75) is 19.8 Å². The Bertz CT molecular complexity index is 719. The third kappa shape index (κ3) is 4.04. The van der Waals surface area contributed by atoms with Gasteiger partial charge < -0.3 is 10.1 Å². The van der Waals surface area contributed by atoms with Crippen LogP contribution in [0.3, 0.4) is 0 Å². The van der Waals surface area contributed by atoms with Crippen LogP contribution < -0.4 is 10.1 Å². The lowest BCUT2D eigenvalue weighted by Gasteiger charge is -2.11. The lowest BCUT2D eigenvalue weighted by atomic mass is 10.0. The highest BCUT2D eigenvalue weighted by molar-refractivity contribution is 5.91. The largest absolute Gasteiger partial charge is 0.477 e. The molecule has 0 aromatic heterocycles. The van der Waals surface area contributed by atoms with Crippen molar-refractivity contribution in [3.8, 4) is 5.75 Å². The van der Waals surface area contributed by atoms with Crippen LogP contribution in [0.15, 0.2) is 30.3 Å². The Balaban J connectivity index is 2.01. The minimum atomic E-state index is -1.69. The Hall–Kier alpha value is -2.57. The molecule has 24 heavy (non-hydrogen) atoms. The Morgan fingerprint density at radius 1 is 1.04 bits per heavy atom. The zero-order valence-electron chi connectivity index (χ0n) is 13.0. The molecule has 0 saturated heterocycles. The van der Waals surface area contributed by atoms with Crippen LogP contribution in [0.4, 0.5) is 23.2 Å². The third-order valence-corrected chi connectivity index (χ3v) is 3.28. The van der Waals surface area contributed by atoms with E-state index in [1.807, 2.05) is 26.0 Å². The van der Waals surface area contributed by atoms with Crippen molar-refractivity contribution in [2.24, 2.45) is 0 Å². The van der Waals surface area contributed by atoms with Gasteiger partial charge in [-0.1, -0.05) is 26.0 Å². The molecule has 0 heterocycles. The lowest BCUT2D eigenvalue weighted by Crippen LogP contribution is -2.21.